The summed E-state index contributed by atoms with van der Waals surface area (Å²) in [7, 11) is 1.78. The second kappa shape index (κ2) is 7.40. The lowest BCUT2D eigenvalue weighted by Crippen LogP contribution is -2.27. The van der Waals surface area contributed by atoms with Crippen molar-refractivity contribution in [2.75, 3.05) is 20.2 Å². The first kappa shape index (κ1) is 14.1. The molecular weight excluding hydrogens is 284 g/mol. The van der Waals surface area contributed by atoms with Crippen LogP contribution in [0.1, 0.15) is 29.6 Å². The number of aliphatic hydroxyl groups is 1. The Morgan fingerprint density at radius 1 is 1.41 bits per heavy atom. The van der Waals surface area contributed by atoms with Crippen molar-refractivity contribution in [2.45, 2.75) is 19.3 Å². The van der Waals surface area contributed by atoms with Crippen molar-refractivity contribution >= 4 is 21.8 Å². The van der Waals surface area contributed by atoms with Crippen LogP contribution in [0.4, 0.5) is 0 Å². The van der Waals surface area contributed by atoms with Crippen LogP contribution in [0.5, 0.6) is 0 Å². The van der Waals surface area contributed by atoms with Crippen molar-refractivity contribution in [3.05, 3.63) is 28.5 Å². The first-order chi connectivity index (χ1) is 8.15. The van der Waals surface area contributed by atoms with Crippen LogP contribution in [0.25, 0.3) is 0 Å². The van der Waals surface area contributed by atoms with Gasteiger partial charge in [0, 0.05) is 37.1 Å². The Hall–Kier alpha value is -0.940. The third-order valence-electron chi connectivity index (χ3n) is 2.45. The highest BCUT2D eigenvalue weighted by molar-refractivity contribution is 9.10. The SMILES string of the molecule is CN(CCCCCO)C(=O)c1cncc(Br)c1. The van der Waals surface area contributed by atoms with Crippen molar-refractivity contribution in [3.63, 3.8) is 0 Å². The fraction of sp³-hybridized carbons (Fsp3) is 0.500. The van der Waals surface area contributed by atoms with Gasteiger partial charge in [-0.15, -0.1) is 0 Å². The summed E-state index contributed by atoms with van der Waals surface area (Å²) in [6.45, 7) is 0.915. The molecule has 0 aliphatic carbocycles. The van der Waals surface area contributed by atoms with Gasteiger partial charge in [-0.2, -0.15) is 0 Å². The number of unbranched alkanes of at least 4 members (excludes halogenated alkanes) is 2. The van der Waals surface area contributed by atoms with Crippen LogP contribution in [0.2, 0.25) is 0 Å². The summed E-state index contributed by atoms with van der Waals surface area (Å²) in [6.07, 6.45) is 5.85. The summed E-state index contributed by atoms with van der Waals surface area (Å²) in [5, 5.41) is 8.66. The molecule has 0 bridgehead atoms. The van der Waals surface area contributed by atoms with Crippen LogP contribution in [0, 0.1) is 0 Å². The Balaban J connectivity index is 2.46. The topological polar surface area (TPSA) is 53.4 Å². The quantitative estimate of drug-likeness (QED) is 0.819. The van der Waals surface area contributed by atoms with Crippen LogP contribution in [-0.4, -0.2) is 41.1 Å². The summed E-state index contributed by atoms with van der Waals surface area (Å²) >= 11 is 3.29. The zero-order valence-electron chi connectivity index (χ0n) is 9.90. The van der Waals surface area contributed by atoms with Gasteiger partial charge in [0.2, 0.25) is 0 Å². The lowest BCUT2D eigenvalue weighted by molar-refractivity contribution is 0.0791. The molecule has 0 radical (unpaired) electrons. The summed E-state index contributed by atoms with van der Waals surface area (Å²) in [4.78, 5) is 17.6. The maximum atomic E-state index is 12.0. The lowest BCUT2D eigenvalue weighted by atomic mass is 10.2. The molecule has 1 rings (SSSR count). The third kappa shape index (κ3) is 4.83. The largest absolute Gasteiger partial charge is 0.396 e. The molecule has 1 heterocycles. The molecule has 0 saturated carbocycles. The maximum Gasteiger partial charge on any atom is 0.255 e. The second-order valence-electron chi connectivity index (χ2n) is 3.90. The molecule has 5 heteroatoms. The second-order valence-corrected chi connectivity index (χ2v) is 4.82. The lowest BCUT2D eigenvalue weighted by Gasteiger charge is -2.16. The summed E-state index contributed by atoms with van der Waals surface area (Å²) in [5.74, 6) is -0.0252. The van der Waals surface area contributed by atoms with Crippen molar-refractivity contribution in [3.8, 4) is 0 Å². The molecule has 1 N–H and O–H groups in total. The van der Waals surface area contributed by atoms with Crippen molar-refractivity contribution in [1.29, 1.82) is 0 Å². The molecule has 0 unspecified atom stereocenters. The average molecular weight is 301 g/mol. The number of pyridine rings is 1. The molecule has 1 amide bonds. The van der Waals surface area contributed by atoms with Gasteiger partial charge in [-0.25, -0.2) is 0 Å². The number of nitrogens with zero attached hydrogens (tertiary/aromatic N) is 2. The molecule has 0 spiro atoms. The van der Waals surface area contributed by atoms with Gasteiger partial charge in [0.15, 0.2) is 0 Å². The molecular formula is C12H17BrN2O2. The normalized spacial score (nSPS) is 10.3. The Bertz CT molecular complexity index is 371. The van der Waals surface area contributed by atoms with E-state index in [1.807, 2.05) is 0 Å². The summed E-state index contributed by atoms with van der Waals surface area (Å²) in [6, 6.07) is 1.76. The van der Waals surface area contributed by atoms with E-state index < -0.39 is 0 Å². The number of rotatable bonds is 6. The van der Waals surface area contributed by atoms with Crippen LogP contribution in [-0.2, 0) is 0 Å². The van der Waals surface area contributed by atoms with Gasteiger partial charge >= 0.3 is 0 Å². The highest BCUT2D eigenvalue weighted by Gasteiger charge is 2.11. The number of halogens is 1. The minimum absolute atomic E-state index is 0.0252. The van der Waals surface area contributed by atoms with E-state index in [-0.39, 0.29) is 12.5 Å². The molecule has 0 aliphatic rings. The average Bonchev–Trinajstić information content (AvgIpc) is 2.33. The first-order valence-corrected chi connectivity index (χ1v) is 6.41. The summed E-state index contributed by atoms with van der Waals surface area (Å²) < 4.78 is 0.803. The van der Waals surface area contributed by atoms with E-state index in [0.29, 0.717) is 12.1 Å². The van der Waals surface area contributed by atoms with E-state index >= 15 is 0 Å². The zero-order valence-corrected chi connectivity index (χ0v) is 11.5. The highest BCUT2D eigenvalue weighted by atomic mass is 79.9. The molecule has 0 saturated heterocycles. The first-order valence-electron chi connectivity index (χ1n) is 5.62. The van der Waals surface area contributed by atoms with E-state index in [0.717, 1.165) is 23.7 Å². The van der Waals surface area contributed by atoms with E-state index in [4.69, 9.17) is 5.11 Å². The van der Waals surface area contributed by atoms with Gasteiger partial charge in [-0.3, -0.25) is 9.78 Å². The Morgan fingerprint density at radius 2 is 2.18 bits per heavy atom. The van der Waals surface area contributed by atoms with Crippen LogP contribution >= 0.6 is 15.9 Å². The number of hydrogen-bond acceptors (Lipinski definition) is 3. The molecule has 0 fully saturated rings. The molecule has 0 aromatic carbocycles. The Labute approximate surface area is 110 Å². The predicted octanol–water partition coefficient (Wildman–Crippen LogP) is 2.08. The molecule has 1 aromatic rings. The Morgan fingerprint density at radius 3 is 2.82 bits per heavy atom. The van der Waals surface area contributed by atoms with E-state index in [9.17, 15) is 4.79 Å². The monoisotopic (exact) mass is 300 g/mol. The number of aliphatic hydroxyl groups excluding tert-OH is 1. The van der Waals surface area contributed by atoms with Crippen molar-refractivity contribution in [1.82, 2.24) is 9.88 Å². The van der Waals surface area contributed by atoms with Gasteiger partial charge in [-0.05, 0) is 41.3 Å². The molecule has 4 nitrogen and oxygen atoms in total. The highest BCUT2D eigenvalue weighted by Crippen LogP contribution is 2.11. The van der Waals surface area contributed by atoms with Crippen LogP contribution in [0.3, 0.4) is 0 Å². The standard InChI is InChI=1S/C12H17BrN2O2/c1-15(5-3-2-4-6-16)12(17)10-7-11(13)9-14-8-10/h7-9,16H,2-6H2,1H3. The van der Waals surface area contributed by atoms with E-state index in [1.165, 1.54) is 0 Å². The van der Waals surface area contributed by atoms with Crippen LogP contribution in [0.15, 0.2) is 22.9 Å². The number of hydrogen-bond donors (Lipinski definition) is 1. The Kier molecular flexibility index (Phi) is 6.15. The maximum absolute atomic E-state index is 12.0. The molecule has 1 aromatic heterocycles. The number of carbonyl (C=O) groups excluding carboxylic acids is 1. The van der Waals surface area contributed by atoms with Gasteiger partial charge in [0.1, 0.15) is 0 Å². The van der Waals surface area contributed by atoms with Crippen LogP contribution < -0.4 is 0 Å². The molecule has 94 valence electrons. The van der Waals surface area contributed by atoms with E-state index in [1.54, 1.807) is 30.4 Å². The minimum Gasteiger partial charge on any atom is -0.396 e. The molecule has 17 heavy (non-hydrogen) atoms. The molecule has 0 atom stereocenters. The van der Waals surface area contributed by atoms with Gasteiger partial charge in [0.05, 0.1) is 5.56 Å². The number of amides is 1. The third-order valence-corrected chi connectivity index (χ3v) is 2.88. The zero-order chi connectivity index (χ0) is 12.7. The number of aromatic nitrogens is 1. The van der Waals surface area contributed by atoms with E-state index in [2.05, 4.69) is 20.9 Å². The fourth-order valence-electron chi connectivity index (χ4n) is 1.49. The van der Waals surface area contributed by atoms with Gasteiger partial charge in [-0.1, -0.05) is 0 Å². The van der Waals surface area contributed by atoms with Crippen molar-refractivity contribution in [2.24, 2.45) is 0 Å². The number of carbonyl (C=O) groups is 1. The van der Waals surface area contributed by atoms with Gasteiger partial charge < -0.3 is 10.0 Å². The predicted molar refractivity (Wildman–Crippen MR) is 69.8 cm³/mol. The van der Waals surface area contributed by atoms with Gasteiger partial charge in [0.25, 0.3) is 5.91 Å². The minimum atomic E-state index is -0.0252. The fourth-order valence-corrected chi connectivity index (χ4v) is 1.85. The van der Waals surface area contributed by atoms with Crippen molar-refractivity contribution < 1.29 is 9.90 Å². The summed E-state index contributed by atoms with van der Waals surface area (Å²) in [5.41, 5.74) is 0.587. The molecule has 0 aliphatic heterocycles. The smallest absolute Gasteiger partial charge is 0.255 e.